The summed E-state index contributed by atoms with van der Waals surface area (Å²) in [5.74, 6) is 0. The van der Waals surface area contributed by atoms with Gasteiger partial charge in [0.05, 0.1) is 11.2 Å². The molecule has 0 radical (unpaired) electrons. The van der Waals surface area contributed by atoms with Crippen LogP contribution in [-0.4, -0.2) is 11.7 Å². The van der Waals surface area contributed by atoms with Gasteiger partial charge in [0.15, 0.2) is 0 Å². The number of nitrogens with zero attached hydrogens (tertiary/aromatic N) is 2. The van der Waals surface area contributed by atoms with Gasteiger partial charge in [0.1, 0.15) is 0 Å². The molecule has 0 saturated carbocycles. The van der Waals surface area contributed by atoms with Gasteiger partial charge in [-0.05, 0) is 35.8 Å². The van der Waals surface area contributed by atoms with Crippen LogP contribution in [0, 0.1) is 0 Å². The molecule has 2 aromatic carbocycles. The minimum Gasteiger partial charge on any atom is -0.253 e. The molecule has 0 bridgehead atoms. The van der Waals surface area contributed by atoms with Gasteiger partial charge in [-0.3, -0.25) is 4.41 Å². The maximum atomic E-state index is 4.23. The molecule has 1 heterocycles. The normalized spacial score (nSPS) is 10.3. The van der Waals surface area contributed by atoms with Crippen molar-refractivity contribution >= 4 is 47.3 Å². The van der Waals surface area contributed by atoms with E-state index in [2.05, 4.69) is 72.6 Å². The van der Waals surface area contributed by atoms with Crippen molar-refractivity contribution in [2.45, 2.75) is 13.3 Å². The number of hydrogen-bond acceptors (Lipinski definition) is 2. The molecular weight excluding hydrogens is 344 g/mol. The van der Waals surface area contributed by atoms with Crippen molar-refractivity contribution in [3.63, 3.8) is 0 Å². The Balaban J connectivity index is 0.00000225. The van der Waals surface area contributed by atoms with Gasteiger partial charge >= 0.3 is 0 Å². The first-order valence-corrected chi connectivity index (χ1v) is 8.84. The molecule has 0 aliphatic heterocycles. The fourth-order valence-electron chi connectivity index (χ4n) is 2.81. The number of rotatable bonds is 6. The van der Waals surface area contributed by atoms with Crippen LogP contribution >= 0.6 is 25.4 Å². The lowest BCUT2D eigenvalue weighted by Gasteiger charge is -2.23. The number of benzene rings is 2. The fourth-order valence-corrected chi connectivity index (χ4v) is 3.64. The molecule has 130 valence electrons. The summed E-state index contributed by atoms with van der Waals surface area (Å²) in [6.07, 6.45) is 2.92. The highest BCUT2D eigenvalue weighted by Gasteiger charge is 2.13. The topological polar surface area (TPSA) is 8.17 Å². The Labute approximate surface area is 161 Å². The lowest BCUT2D eigenvalue weighted by atomic mass is 10.1. The number of hydrogen-bond donors (Lipinski definition) is 0. The average molecular weight is 369 g/mol. The molecule has 1 aromatic heterocycles. The van der Waals surface area contributed by atoms with E-state index in [1.807, 2.05) is 24.3 Å². The number of fused-ring (bicyclic) bond motifs is 1. The third-order valence-corrected chi connectivity index (χ3v) is 4.99. The van der Waals surface area contributed by atoms with E-state index in [9.17, 15) is 0 Å². The van der Waals surface area contributed by atoms with Crippen molar-refractivity contribution in [2.75, 3.05) is 11.5 Å². The predicted octanol–water partition coefficient (Wildman–Crippen LogP) is 5.85. The Morgan fingerprint density at radius 3 is 2.52 bits per heavy atom. The molecule has 0 atom stereocenters. The van der Waals surface area contributed by atoms with E-state index < -0.39 is 0 Å². The molecule has 25 heavy (non-hydrogen) atoms. The van der Waals surface area contributed by atoms with Gasteiger partial charge in [0, 0.05) is 29.3 Å². The van der Waals surface area contributed by atoms with Crippen LogP contribution in [0.15, 0.2) is 67.8 Å². The molecule has 0 amide bonds. The second kappa shape index (κ2) is 8.37. The molecular formula is C21H24N2S2. The Kier molecular flexibility index (Phi) is 6.45. The van der Waals surface area contributed by atoms with Crippen LogP contribution in [0.4, 0.5) is 0 Å². The fraction of sp³-hybridized carbons (Fsp3) is 0.143. The summed E-state index contributed by atoms with van der Waals surface area (Å²) in [6, 6.07) is 19.1. The molecule has 2 nitrogen and oxygen atoms in total. The van der Waals surface area contributed by atoms with Crippen molar-refractivity contribution < 1.29 is 0 Å². The highest BCUT2D eigenvalue weighted by Crippen LogP contribution is 2.30. The van der Waals surface area contributed by atoms with Gasteiger partial charge in [-0.15, -0.1) is 0 Å². The Bertz CT molecular complexity index is 882. The lowest BCUT2D eigenvalue weighted by molar-refractivity contribution is 0.870. The highest BCUT2D eigenvalue weighted by molar-refractivity contribution is 8.09. The van der Waals surface area contributed by atoms with Crippen LogP contribution in [0.1, 0.15) is 23.7 Å². The van der Waals surface area contributed by atoms with Gasteiger partial charge in [-0.2, -0.15) is 13.5 Å². The summed E-state index contributed by atoms with van der Waals surface area (Å²) in [6.45, 7) is 10.4. The molecule has 0 aliphatic carbocycles. The molecule has 4 heteroatoms. The average Bonchev–Trinajstić information content (AvgIpc) is 3.00. The number of aryl methyl sites for hydroxylation is 1. The van der Waals surface area contributed by atoms with Crippen LogP contribution in [0.3, 0.4) is 0 Å². The predicted molar refractivity (Wildman–Crippen MR) is 119 cm³/mol. The van der Waals surface area contributed by atoms with Gasteiger partial charge in [-0.1, -0.05) is 62.5 Å². The van der Waals surface area contributed by atoms with E-state index in [1.54, 1.807) is 11.9 Å². The van der Waals surface area contributed by atoms with Crippen LogP contribution < -0.4 is 4.41 Å². The van der Waals surface area contributed by atoms with Crippen molar-refractivity contribution in [3.8, 4) is 0 Å². The summed E-state index contributed by atoms with van der Waals surface area (Å²) >= 11 is 1.62. The molecule has 3 rings (SSSR count). The quantitative estimate of drug-likeness (QED) is 0.505. The van der Waals surface area contributed by atoms with E-state index in [0.717, 1.165) is 22.6 Å². The molecule has 0 aliphatic rings. The smallest absolute Gasteiger partial charge is 0.0714 e. The molecule has 0 saturated heterocycles. The summed E-state index contributed by atoms with van der Waals surface area (Å²) in [4.78, 5) is 1.02. The Morgan fingerprint density at radius 1 is 1.16 bits per heavy atom. The minimum atomic E-state index is 0. The van der Waals surface area contributed by atoms with Crippen LogP contribution in [0.25, 0.3) is 21.9 Å². The van der Waals surface area contributed by atoms with Gasteiger partial charge in [0.25, 0.3) is 0 Å². The SMILES string of the molecule is C=Cc1cc2ccc(CC)cc2n1N(C)SC(=C)c1ccccc1.S. The summed E-state index contributed by atoms with van der Waals surface area (Å²) in [5, 5.41) is 1.22. The van der Waals surface area contributed by atoms with Crippen molar-refractivity contribution in [1.82, 2.24) is 4.68 Å². The first-order valence-electron chi connectivity index (χ1n) is 8.07. The van der Waals surface area contributed by atoms with E-state index in [-0.39, 0.29) is 13.5 Å². The van der Waals surface area contributed by atoms with E-state index >= 15 is 0 Å². The van der Waals surface area contributed by atoms with Crippen LogP contribution in [0.2, 0.25) is 0 Å². The monoisotopic (exact) mass is 368 g/mol. The zero-order valence-corrected chi connectivity index (χ0v) is 16.5. The van der Waals surface area contributed by atoms with Crippen LogP contribution in [0.5, 0.6) is 0 Å². The largest absolute Gasteiger partial charge is 0.253 e. The van der Waals surface area contributed by atoms with Gasteiger partial charge in [0.2, 0.25) is 0 Å². The molecule has 0 unspecified atom stereocenters. The third kappa shape index (κ3) is 3.97. The zero-order chi connectivity index (χ0) is 17.1. The summed E-state index contributed by atoms with van der Waals surface area (Å²) in [5.41, 5.74) is 4.74. The van der Waals surface area contributed by atoms with E-state index in [4.69, 9.17) is 0 Å². The maximum absolute atomic E-state index is 4.23. The Hall–Kier alpha value is -2.04. The zero-order valence-electron chi connectivity index (χ0n) is 14.7. The molecule has 0 N–H and O–H groups in total. The molecule has 0 fully saturated rings. The van der Waals surface area contributed by atoms with Crippen LogP contribution in [-0.2, 0) is 6.42 Å². The summed E-state index contributed by atoms with van der Waals surface area (Å²) < 4.78 is 4.31. The van der Waals surface area contributed by atoms with Crippen molar-refractivity contribution in [3.05, 3.63) is 84.6 Å². The molecule has 0 spiro atoms. The van der Waals surface area contributed by atoms with Crippen molar-refractivity contribution in [1.29, 1.82) is 0 Å². The first kappa shape index (κ1) is 19.3. The summed E-state index contributed by atoms with van der Waals surface area (Å²) in [7, 11) is 2.06. The number of aromatic nitrogens is 1. The lowest BCUT2D eigenvalue weighted by Crippen LogP contribution is -2.23. The second-order valence-electron chi connectivity index (χ2n) is 5.68. The van der Waals surface area contributed by atoms with Gasteiger partial charge < -0.3 is 0 Å². The van der Waals surface area contributed by atoms with E-state index in [1.165, 1.54) is 16.5 Å². The Morgan fingerprint density at radius 2 is 1.88 bits per heavy atom. The minimum absolute atomic E-state index is 0. The van der Waals surface area contributed by atoms with E-state index in [0.29, 0.717) is 0 Å². The second-order valence-corrected chi connectivity index (χ2v) is 6.88. The molecule has 3 aromatic rings. The first-order chi connectivity index (χ1) is 11.6. The third-order valence-electron chi connectivity index (χ3n) is 4.11. The van der Waals surface area contributed by atoms with Gasteiger partial charge in [-0.25, -0.2) is 4.68 Å². The maximum Gasteiger partial charge on any atom is 0.0714 e. The highest BCUT2D eigenvalue weighted by atomic mass is 32.2. The standard InChI is InChI=1S/C21H22N2S.H2S/c1-5-17-12-13-19-15-20(6-2)23(21(19)14-17)22(4)24-16(3)18-10-8-7-9-11-18;/h6-15H,2-3,5H2,1,4H3;1H2. The van der Waals surface area contributed by atoms with Crippen molar-refractivity contribution in [2.24, 2.45) is 0 Å².